The number of methoxy groups -OCH3 is 1. The van der Waals surface area contributed by atoms with Crippen LogP contribution in [-0.2, 0) is 17.6 Å². The summed E-state index contributed by atoms with van der Waals surface area (Å²) in [5.41, 5.74) is 7.00. The van der Waals surface area contributed by atoms with Crippen LogP contribution in [-0.4, -0.2) is 43.6 Å². The van der Waals surface area contributed by atoms with E-state index in [1.807, 2.05) is 24.3 Å². The highest BCUT2D eigenvalue weighted by Gasteiger charge is 2.18. The van der Waals surface area contributed by atoms with Gasteiger partial charge in [0.05, 0.1) is 18.7 Å². The van der Waals surface area contributed by atoms with Crippen molar-refractivity contribution in [2.75, 3.05) is 26.8 Å². The second-order valence-corrected chi connectivity index (χ2v) is 7.29. The van der Waals surface area contributed by atoms with Gasteiger partial charge in [0, 0.05) is 23.6 Å². The van der Waals surface area contributed by atoms with E-state index >= 15 is 0 Å². The van der Waals surface area contributed by atoms with Gasteiger partial charge in [0.1, 0.15) is 17.2 Å². The van der Waals surface area contributed by atoms with E-state index in [0.717, 1.165) is 11.3 Å². The molecule has 0 atom stereocenters. The molecule has 0 saturated carbocycles. The monoisotopic (exact) mass is 489 g/mol. The minimum absolute atomic E-state index is 0. The molecule has 2 aromatic rings. The maximum atomic E-state index is 12.5. The van der Waals surface area contributed by atoms with Crippen LogP contribution in [0.3, 0.4) is 0 Å². The Hall–Kier alpha value is -2.19. The molecule has 2 aromatic carbocycles. The summed E-state index contributed by atoms with van der Waals surface area (Å²) in [7, 11) is 1.60. The van der Waals surface area contributed by atoms with Crippen molar-refractivity contribution in [3.63, 3.8) is 0 Å². The third-order valence-corrected chi connectivity index (χ3v) is 4.78. The van der Waals surface area contributed by atoms with E-state index in [1.165, 1.54) is 0 Å². The summed E-state index contributed by atoms with van der Waals surface area (Å²) in [4.78, 5) is 12.5. The molecule has 7 nitrogen and oxygen atoms in total. The van der Waals surface area contributed by atoms with Crippen LogP contribution in [0.15, 0.2) is 41.6 Å². The van der Waals surface area contributed by atoms with Crippen LogP contribution in [0.5, 0.6) is 11.5 Å². The van der Waals surface area contributed by atoms with Gasteiger partial charge < -0.3 is 25.7 Å². The van der Waals surface area contributed by atoms with Crippen molar-refractivity contribution in [2.45, 2.75) is 19.3 Å². The zero-order valence-corrected chi connectivity index (χ0v) is 19.4. The molecule has 31 heavy (non-hydrogen) atoms. The van der Waals surface area contributed by atoms with E-state index in [2.05, 4.69) is 10.5 Å². The number of carbonyl (C=O) groups excluding carboxylic acids is 1. The Labute approximate surface area is 197 Å². The van der Waals surface area contributed by atoms with Gasteiger partial charge >= 0.3 is 0 Å². The molecule has 0 heterocycles. The number of ether oxygens (including phenoxy) is 2. The molecule has 0 aliphatic heterocycles. The molecule has 0 fully saturated rings. The summed E-state index contributed by atoms with van der Waals surface area (Å²) < 4.78 is 10.8. The van der Waals surface area contributed by atoms with E-state index in [0.29, 0.717) is 53.9 Å². The van der Waals surface area contributed by atoms with Crippen LogP contribution in [0.1, 0.15) is 17.5 Å². The predicted octanol–water partition coefficient (Wildman–Crippen LogP) is 3.88. The highest BCUT2D eigenvalue weighted by atomic mass is 35.5. The van der Waals surface area contributed by atoms with E-state index < -0.39 is 5.91 Å². The van der Waals surface area contributed by atoms with E-state index in [-0.39, 0.29) is 24.5 Å². The topological polar surface area (TPSA) is 106 Å². The van der Waals surface area contributed by atoms with Gasteiger partial charge in [0.15, 0.2) is 0 Å². The first kappa shape index (κ1) is 26.8. The fourth-order valence-corrected chi connectivity index (χ4v) is 3.31. The number of nitrogens with two attached hydrogens (primary N) is 1. The number of rotatable bonds is 11. The third-order valence-electron chi connectivity index (χ3n) is 4.28. The van der Waals surface area contributed by atoms with Crippen LogP contribution < -0.4 is 20.5 Å². The van der Waals surface area contributed by atoms with Crippen molar-refractivity contribution >= 4 is 47.2 Å². The largest absolute Gasteiger partial charge is 0.497 e. The number of nitrogens with zero attached hydrogens (tertiary/aromatic N) is 1. The van der Waals surface area contributed by atoms with Gasteiger partial charge in [-0.3, -0.25) is 4.79 Å². The van der Waals surface area contributed by atoms with Crippen LogP contribution in [0, 0.1) is 0 Å². The summed E-state index contributed by atoms with van der Waals surface area (Å²) in [5, 5.41) is 16.0. The van der Waals surface area contributed by atoms with Crippen LogP contribution in [0.25, 0.3) is 0 Å². The Balaban J connectivity index is 0.00000480. The lowest BCUT2D eigenvalue weighted by atomic mass is 10.1. The second kappa shape index (κ2) is 14.0. The zero-order chi connectivity index (χ0) is 21.9. The van der Waals surface area contributed by atoms with Gasteiger partial charge in [-0.15, -0.1) is 12.4 Å². The van der Waals surface area contributed by atoms with Gasteiger partial charge in [0.25, 0.3) is 5.91 Å². The van der Waals surface area contributed by atoms with E-state index in [9.17, 15) is 10.0 Å². The van der Waals surface area contributed by atoms with E-state index in [4.69, 9.17) is 38.4 Å². The zero-order valence-electron chi connectivity index (χ0n) is 17.1. The lowest BCUT2D eigenvalue weighted by molar-refractivity contribution is -0.115. The molecule has 0 aliphatic carbocycles. The molecule has 4 N–H and O–H groups in total. The molecule has 2 rings (SSSR count). The second-order valence-electron chi connectivity index (χ2n) is 6.44. The van der Waals surface area contributed by atoms with Gasteiger partial charge in [-0.05, 0) is 49.2 Å². The normalized spacial score (nSPS) is 10.9. The number of oxime groups is 1. The first-order valence-electron chi connectivity index (χ1n) is 9.41. The van der Waals surface area contributed by atoms with Crippen molar-refractivity contribution < 1.29 is 19.5 Å². The number of halogens is 3. The van der Waals surface area contributed by atoms with Crippen molar-refractivity contribution in [1.29, 1.82) is 0 Å². The summed E-state index contributed by atoms with van der Waals surface area (Å²) in [5.74, 6) is 0.666. The van der Waals surface area contributed by atoms with E-state index in [1.54, 1.807) is 19.2 Å². The fourth-order valence-electron chi connectivity index (χ4n) is 2.72. The Bertz CT molecular complexity index is 877. The first-order chi connectivity index (χ1) is 14.5. The molecule has 10 heteroatoms. The lowest BCUT2D eigenvalue weighted by Crippen LogP contribution is -2.33. The van der Waals surface area contributed by atoms with Crippen molar-refractivity contribution in [2.24, 2.45) is 10.9 Å². The number of carbonyl (C=O) groups is 1. The minimum atomic E-state index is -0.491. The number of benzene rings is 2. The van der Waals surface area contributed by atoms with Crippen LogP contribution in [0.4, 0.5) is 0 Å². The third kappa shape index (κ3) is 8.45. The Kier molecular flexibility index (Phi) is 12.1. The Morgan fingerprint density at radius 2 is 1.94 bits per heavy atom. The highest BCUT2D eigenvalue weighted by molar-refractivity contribution is 6.39. The molecule has 0 aliphatic rings. The van der Waals surface area contributed by atoms with Crippen molar-refractivity contribution in [3.8, 4) is 11.5 Å². The summed E-state index contributed by atoms with van der Waals surface area (Å²) in [6.45, 7) is 1.21. The van der Waals surface area contributed by atoms with Gasteiger partial charge in [-0.1, -0.05) is 40.5 Å². The summed E-state index contributed by atoms with van der Waals surface area (Å²) in [6, 6.07) is 10.7. The average Bonchev–Trinajstić information content (AvgIpc) is 2.74. The molecular weight excluding hydrogens is 465 g/mol. The molecule has 0 bridgehead atoms. The standard InChI is InChI=1S/C21H25Cl2N3O4.ClH/c1-29-17-5-3-14(4-6-17)7-9-25-21(27)19(26-28)12-15-11-16(22)13-18(23)20(15)30-10-2-8-24;/h3-6,11,13,28H,2,7-10,12,24H2,1H3,(H,25,27);1H/b26-19-;. The van der Waals surface area contributed by atoms with Gasteiger partial charge in [-0.2, -0.15) is 0 Å². The first-order valence-corrected chi connectivity index (χ1v) is 10.2. The molecule has 0 unspecified atom stereocenters. The average molecular weight is 491 g/mol. The molecule has 0 aromatic heterocycles. The highest BCUT2D eigenvalue weighted by Crippen LogP contribution is 2.33. The van der Waals surface area contributed by atoms with Crippen molar-refractivity contribution in [1.82, 2.24) is 5.32 Å². The number of amides is 1. The molecular formula is C21H26Cl3N3O4. The Morgan fingerprint density at radius 3 is 2.55 bits per heavy atom. The van der Waals surface area contributed by atoms with Crippen LogP contribution in [0.2, 0.25) is 10.0 Å². The molecule has 0 spiro atoms. The molecule has 1 amide bonds. The van der Waals surface area contributed by atoms with Gasteiger partial charge in [-0.25, -0.2) is 0 Å². The molecule has 0 radical (unpaired) electrons. The summed E-state index contributed by atoms with van der Waals surface area (Å²) >= 11 is 12.3. The maximum absolute atomic E-state index is 12.5. The number of nitrogens with one attached hydrogen (secondary N) is 1. The van der Waals surface area contributed by atoms with Crippen LogP contribution >= 0.6 is 35.6 Å². The number of hydrogen-bond donors (Lipinski definition) is 3. The molecule has 0 saturated heterocycles. The van der Waals surface area contributed by atoms with Gasteiger partial charge in [0.2, 0.25) is 0 Å². The predicted molar refractivity (Wildman–Crippen MR) is 126 cm³/mol. The molecule has 170 valence electrons. The lowest BCUT2D eigenvalue weighted by Gasteiger charge is -2.14. The van der Waals surface area contributed by atoms with Crippen molar-refractivity contribution in [3.05, 3.63) is 57.6 Å². The fraction of sp³-hybridized carbons (Fsp3) is 0.333. The SMILES string of the molecule is COc1ccc(CCNC(=O)/C(Cc2cc(Cl)cc(Cl)c2OCCCN)=N\O)cc1.Cl. The minimum Gasteiger partial charge on any atom is -0.497 e. The number of hydrogen-bond acceptors (Lipinski definition) is 6. The summed E-state index contributed by atoms with van der Waals surface area (Å²) in [6.07, 6.45) is 1.26. The quantitative estimate of drug-likeness (QED) is 0.192. The Morgan fingerprint density at radius 1 is 1.23 bits per heavy atom. The smallest absolute Gasteiger partial charge is 0.269 e. The maximum Gasteiger partial charge on any atom is 0.269 e.